The summed E-state index contributed by atoms with van der Waals surface area (Å²) < 4.78 is 32.3. The standard InChI is InChI=1S/C8H9NO7S3.Na/c10-6-1-5(19(13,14)15)7(11)9(6)16-8(12)4-2-17-18-3-4;/h4-5H,1-3H2,(H,13,14,15);/q;+1/p-1. The third-order valence-corrected chi connectivity index (χ3v) is 6.17. The number of hydrogen-bond donors (Lipinski definition) is 0. The van der Waals surface area contributed by atoms with Crippen LogP contribution in [0, 0.1) is 5.92 Å². The van der Waals surface area contributed by atoms with Crippen molar-refractivity contribution in [2.45, 2.75) is 11.7 Å². The van der Waals surface area contributed by atoms with E-state index in [2.05, 4.69) is 4.84 Å². The number of rotatable bonds is 3. The number of hydroxylamine groups is 2. The van der Waals surface area contributed by atoms with Crippen molar-refractivity contribution in [3.63, 3.8) is 0 Å². The summed E-state index contributed by atoms with van der Waals surface area (Å²) in [6, 6.07) is 0. The molecule has 0 aromatic carbocycles. The Labute approximate surface area is 144 Å². The number of amides is 2. The van der Waals surface area contributed by atoms with Gasteiger partial charge in [-0.2, -0.15) is 0 Å². The first-order valence-corrected chi connectivity index (χ1v) is 9.04. The molecule has 0 aliphatic carbocycles. The van der Waals surface area contributed by atoms with E-state index in [0.29, 0.717) is 11.5 Å². The quantitative estimate of drug-likeness (QED) is 0.218. The van der Waals surface area contributed by atoms with E-state index in [4.69, 9.17) is 0 Å². The fraction of sp³-hybridized carbons (Fsp3) is 0.625. The molecule has 1 atom stereocenters. The number of nitrogens with zero attached hydrogens (tertiary/aromatic N) is 1. The molecule has 0 N–H and O–H groups in total. The molecule has 2 aliphatic heterocycles. The van der Waals surface area contributed by atoms with E-state index < -0.39 is 45.5 Å². The Morgan fingerprint density at radius 2 is 1.85 bits per heavy atom. The van der Waals surface area contributed by atoms with Crippen LogP contribution in [0.4, 0.5) is 0 Å². The minimum Gasteiger partial charge on any atom is -0.747 e. The Kier molecular flexibility index (Phi) is 6.38. The fourth-order valence-corrected chi connectivity index (χ4v) is 4.94. The number of carbonyl (C=O) groups is 3. The molecule has 0 spiro atoms. The minimum atomic E-state index is -4.93. The van der Waals surface area contributed by atoms with Crippen molar-refractivity contribution in [1.82, 2.24) is 5.06 Å². The van der Waals surface area contributed by atoms with E-state index in [1.807, 2.05) is 0 Å². The van der Waals surface area contributed by atoms with Gasteiger partial charge >= 0.3 is 35.5 Å². The second-order valence-electron chi connectivity index (χ2n) is 3.89. The predicted octanol–water partition coefficient (Wildman–Crippen LogP) is -3.87. The molecule has 8 nitrogen and oxygen atoms in total. The summed E-state index contributed by atoms with van der Waals surface area (Å²) in [5.74, 6) is -2.55. The molecular weight excluding hydrogens is 341 g/mol. The van der Waals surface area contributed by atoms with Crippen LogP contribution in [-0.4, -0.2) is 52.6 Å². The monoisotopic (exact) mass is 349 g/mol. The molecule has 12 heteroatoms. The zero-order valence-corrected chi connectivity index (χ0v) is 14.8. The molecule has 0 saturated carbocycles. The molecule has 0 aromatic rings. The first-order chi connectivity index (χ1) is 8.80. The molecule has 2 amide bonds. The Morgan fingerprint density at radius 1 is 1.30 bits per heavy atom. The number of hydrogen-bond acceptors (Lipinski definition) is 9. The zero-order chi connectivity index (χ0) is 14.2. The average molecular weight is 349 g/mol. The SMILES string of the molecule is O=C(ON1C(=O)CC(S(=O)(=O)[O-])C1=O)C1CSSC1.[Na+]. The van der Waals surface area contributed by atoms with Gasteiger partial charge in [-0.3, -0.25) is 9.59 Å². The van der Waals surface area contributed by atoms with Crippen molar-refractivity contribution < 1.29 is 61.7 Å². The van der Waals surface area contributed by atoms with Crippen LogP contribution in [-0.2, 0) is 29.3 Å². The summed E-state index contributed by atoms with van der Waals surface area (Å²) in [4.78, 5) is 39.2. The Bertz CT molecular complexity index is 530. The molecule has 0 bridgehead atoms. The van der Waals surface area contributed by atoms with Gasteiger partial charge in [-0.1, -0.05) is 21.6 Å². The maximum absolute atomic E-state index is 11.6. The van der Waals surface area contributed by atoms with Crippen molar-refractivity contribution in [2.24, 2.45) is 5.92 Å². The topological polar surface area (TPSA) is 121 Å². The molecule has 2 fully saturated rings. The van der Waals surface area contributed by atoms with Gasteiger partial charge in [0.2, 0.25) is 0 Å². The van der Waals surface area contributed by atoms with E-state index in [1.165, 1.54) is 21.6 Å². The zero-order valence-electron chi connectivity index (χ0n) is 10.3. The molecule has 20 heavy (non-hydrogen) atoms. The van der Waals surface area contributed by atoms with E-state index >= 15 is 0 Å². The molecule has 0 radical (unpaired) electrons. The van der Waals surface area contributed by atoms with Crippen LogP contribution < -0.4 is 29.6 Å². The summed E-state index contributed by atoms with van der Waals surface area (Å²) in [6.07, 6.45) is -0.786. The van der Waals surface area contributed by atoms with Crippen LogP contribution in [0.2, 0.25) is 0 Å². The third kappa shape index (κ3) is 3.90. The maximum Gasteiger partial charge on any atom is 1.00 e. The second kappa shape index (κ2) is 6.99. The van der Waals surface area contributed by atoms with Gasteiger partial charge in [0.1, 0.15) is 15.4 Å². The van der Waals surface area contributed by atoms with E-state index in [-0.39, 0.29) is 34.6 Å². The van der Waals surface area contributed by atoms with Gasteiger partial charge in [0.25, 0.3) is 11.8 Å². The van der Waals surface area contributed by atoms with E-state index in [9.17, 15) is 27.4 Å². The minimum absolute atomic E-state index is 0. The summed E-state index contributed by atoms with van der Waals surface area (Å²) in [7, 11) is -2.02. The maximum atomic E-state index is 11.6. The summed E-state index contributed by atoms with van der Waals surface area (Å²) in [5, 5.41) is -1.91. The smallest absolute Gasteiger partial charge is 0.747 e. The van der Waals surface area contributed by atoms with Crippen LogP contribution in [0.3, 0.4) is 0 Å². The Morgan fingerprint density at radius 3 is 2.30 bits per heavy atom. The normalized spacial score (nSPS) is 23.9. The van der Waals surface area contributed by atoms with Crippen LogP contribution in [0.15, 0.2) is 0 Å². The molecular formula is C8H8NNaO7S3. The number of imide groups is 1. The first-order valence-electron chi connectivity index (χ1n) is 5.08. The molecule has 2 heterocycles. The van der Waals surface area contributed by atoms with E-state index in [0.717, 1.165) is 0 Å². The first kappa shape index (κ1) is 18.3. The average Bonchev–Trinajstić information content (AvgIpc) is 2.91. The summed E-state index contributed by atoms with van der Waals surface area (Å²) >= 11 is 0. The second-order valence-corrected chi connectivity index (χ2v) is 8.00. The molecule has 2 saturated heterocycles. The number of carbonyl (C=O) groups excluding carboxylic acids is 3. The van der Waals surface area contributed by atoms with E-state index in [1.54, 1.807) is 0 Å². The Balaban J connectivity index is 0.00000200. The van der Waals surface area contributed by atoms with Crippen molar-refractivity contribution in [2.75, 3.05) is 11.5 Å². The van der Waals surface area contributed by atoms with Crippen molar-refractivity contribution in [3.8, 4) is 0 Å². The van der Waals surface area contributed by atoms with Crippen molar-refractivity contribution in [1.29, 1.82) is 0 Å². The van der Waals surface area contributed by atoms with Gasteiger partial charge in [0.15, 0.2) is 0 Å². The van der Waals surface area contributed by atoms with Gasteiger partial charge in [0, 0.05) is 11.5 Å². The molecule has 106 valence electrons. The molecule has 2 rings (SSSR count). The largest absolute Gasteiger partial charge is 1.00 e. The fourth-order valence-electron chi connectivity index (χ4n) is 1.51. The van der Waals surface area contributed by atoms with Crippen LogP contribution >= 0.6 is 21.6 Å². The van der Waals surface area contributed by atoms with Gasteiger partial charge in [-0.05, 0) is 0 Å². The van der Waals surface area contributed by atoms with Crippen LogP contribution in [0.5, 0.6) is 0 Å². The third-order valence-electron chi connectivity index (χ3n) is 2.55. The predicted molar refractivity (Wildman–Crippen MR) is 64.5 cm³/mol. The van der Waals surface area contributed by atoms with Crippen molar-refractivity contribution in [3.05, 3.63) is 0 Å². The van der Waals surface area contributed by atoms with Gasteiger partial charge in [0.05, 0.1) is 12.3 Å². The van der Waals surface area contributed by atoms with Crippen LogP contribution in [0.1, 0.15) is 6.42 Å². The van der Waals surface area contributed by atoms with Gasteiger partial charge in [-0.25, -0.2) is 13.2 Å². The summed E-state index contributed by atoms with van der Waals surface area (Å²) in [6.45, 7) is 0. The molecule has 1 unspecified atom stereocenters. The van der Waals surface area contributed by atoms with Crippen LogP contribution in [0.25, 0.3) is 0 Å². The molecule has 0 aromatic heterocycles. The van der Waals surface area contributed by atoms with Gasteiger partial charge < -0.3 is 9.39 Å². The summed E-state index contributed by atoms with van der Waals surface area (Å²) in [5.41, 5.74) is 0. The Hall–Kier alpha value is 0.220. The van der Waals surface area contributed by atoms with Crippen molar-refractivity contribution >= 4 is 49.5 Å². The molecule has 2 aliphatic rings. The van der Waals surface area contributed by atoms with Gasteiger partial charge in [-0.15, -0.1) is 5.06 Å².